The quantitative estimate of drug-likeness (QED) is 0.231. The van der Waals surface area contributed by atoms with Crippen molar-refractivity contribution >= 4 is 0 Å². The predicted molar refractivity (Wildman–Crippen MR) is 94.2 cm³/mol. The van der Waals surface area contributed by atoms with E-state index in [2.05, 4.69) is 32.1 Å². The molecule has 0 aromatic carbocycles. The highest BCUT2D eigenvalue weighted by molar-refractivity contribution is 4.91. The molecule has 1 unspecified atom stereocenters. The van der Waals surface area contributed by atoms with Gasteiger partial charge in [-0.3, -0.25) is 0 Å². The SMILES string of the molecule is CCCCCC=CCC(C#N)CCCCCCCCCC. The number of allylic oxidation sites excluding steroid dienone is 2. The van der Waals surface area contributed by atoms with Gasteiger partial charge in [-0.2, -0.15) is 5.26 Å². The Morgan fingerprint density at radius 3 is 1.95 bits per heavy atom. The van der Waals surface area contributed by atoms with Gasteiger partial charge < -0.3 is 0 Å². The standard InChI is InChI=1S/C20H37N/c1-3-5-7-9-11-12-14-16-18-20(19-21)17-15-13-10-8-6-4-2/h13,15,20H,3-12,14,16-18H2,1-2H3. The van der Waals surface area contributed by atoms with Crippen LogP contribution < -0.4 is 0 Å². The van der Waals surface area contributed by atoms with Gasteiger partial charge in [0.25, 0.3) is 0 Å². The molecule has 0 N–H and O–H groups in total. The molecule has 122 valence electrons. The minimum Gasteiger partial charge on any atom is -0.198 e. The fourth-order valence-electron chi connectivity index (χ4n) is 2.65. The van der Waals surface area contributed by atoms with Crippen LogP contribution in [0.4, 0.5) is 0 Å². The van der Waals surface area contributed by atoms with Gasteiger partial charge in [-0.25, -0.2) is 0 Å². The summed E-state index contributed by atoms with van der Waals surface area (Å²) in [7, 11) is 0. The maximum atomic E-state index is 9.18. The molecule has 0 amide bonds. The molecule has 0 aliphatic carbocycles. The first-order valence-electron chi connectivity index (χ1n) is 9.39. The number of nitriles is 1. The zero-order valence-corrected chi connectivity index (χ0v) is 14.6. The summed E-state index contributed by atoms with van der Waals surface area (Å²) in [6.45, 7) is 4.50. The first-order chi connectivity index (χ1) is 10.3. The average molecular weight is 292 g/mol. The predicted octanol–water partition coefficient (Wildman–Crippen LogP) is 7.18. The van der Waals surface area contributed by atoms with Crippen molar-refractivity contribution in [1.29, 1.82) is 5.26 Å². The monoisotopic (exact) mass is 291 g/mol. The minimum atomic E-state index is 0.243. The van der Waals surface area contributed by atoms with Gasteiger partial charge in [-0.1, -0.05) is 90.2 Å². The van der Waals surface area contributed by atoms with E-state index in [1.165, 1.54) is 77.0 Å². The highest BCUT2D eigenvalue weighted by atomic mass is 14.3. The third kappa shape index (κ3) is 15.4. The van der Waals surface area contributed by atoms with Crippen LogP contribution in [0.3, 0.4) is 0 Å². The Bertz CT molecular complexity index is 262. The van der Waals surface area contributed by atoms with Crippen molar-refractivity contribution in [2.24, 2.45) is 5.92 Å². The topological polar surface area (TPSA) is 23.8 Å². The van der Waals surface area contributed by atoms with Crippen LogP contribution >= 0.6 is 0 Å². The molecule has 0 saturated carbocycles. The summed E-state index contributed by atoms with van der Waals surface area (Å²) in [5.41, 5.74) is 0. The van der Waals surface area contributed by atoms with Crippen LogP contribution in [0.1, 0.15) is 104 Å². The lowest BCUT2D eigenvalue weighted by molar-refractivity contribution is 0.521. The molecule has 1 nitrogen and oxygen atoms in total. The van der Waals surface area contributed by atoms with E-state index >= 15 is 0 Å². The first-order valence-corrected chi connectivity index (χ1v) is 9.39. The second kappa shape index (κ2) is 17.3. The van der Waals surface area contributed by atoms with Crippen molar-refractivity contribution in [2.45, 2.75) is 104 Å². The van der Waals surface area contributed by atoms with E-state index in [0.717, 1.165) is 12.8 Å². The molecule has 1 heteroatoms. The van der Waals surface area contributed by atoms with E-state index in [9.17, 15) is 5.26 Å². The number of hydrogen-bond acceptors (Lipinski definition) is 1. The summed E-state index contributed by atoms with van der Waals surface area (Å²) in [6, 6.07) is 2.47. The van der Waals surface area contributed by atoms with E-state index in [1.54, 1.807) is 0 Å². The average Bonchev–Trinajstić information content (AvgIpc) is 2.51. The maximum Gasteiger partial charge on any atom is 0.0659 e. The molecule has 0 saturated heterocycles. The van der Waals surface area contributed by atoms with Crippen LogP contribution in [0.15, 0.2) is 12.2 Å². The van der Waals surface area contributed by atoms with Crippen LogP contribution in [-0.2, 0) is 0 Å². The molecule has 21 heavy (non-hydrogen) atoms. The van der Waals surface area contributed by atoms with Crippen molar-refractivity contribution in [3.8, 4) is 6.07 Å². The molecular weight excluding hydrogens is 254 g/mol. The molecule has 0 aromatic heterocycles. The van der Waals surface area contributed by atoms with E-state index in [-0.39, 0.29) is 5.92 Å². The van der Waals surface area contributed by atoms with Crippen LogP contribution in [0.5, 0.6) is 0 Å². The first kappa shape index (κ1) is 20.2. The van der Waals surface area contributed by atoms with Gasteiger partial charge in [0.1, 0.15) is 0 Å². The molecule has 0 radical (unpaired) electrons. The van der Waals surface area contributed by atoms with Gasteiger partial charge >= 0.3 is 0 Å². The van der Waals surface area contributed by atoms with Gasteiger partial charge in [-0.15, -0.1) is 0 Å². The lowest BCUT2D eigenvalue weighted by Crippen LogP contribution is -1.95. The van der Waals surface area contributed by atoms with Crippen LogP contribution in [0, 0.1) is 17.2 Å². The van der Waals surface area contributed by atoms with Gasteiger partial charge in [0.2, 0.25) is 0 Å². The van der Waals surface area contributed by atoms with Crippen molar-refractivity contribution < 1.29 is 0 Å². The Labute approximate surface area is 133 Å². The highest BCUT2D eigenvalue weighted by Crippen LogP contribution is 2.16. The molecule has 0 bridgehead atoms. The summed E-state index contributed by atoms with van der Waals surface area (Å²) in [4.78, 5) is 0. The zero-order chi connectivity index (χ0) is 15.6. The van der Waals surface area contributed by atoms with Crippen molar-refractivity contribution in [3.05, 3.63) is 12.2 Å². The maximum absolute atomic E-state index is 9.18. The van der Waals surface area contributed by atoms with Crippen molar-refractivity contribution in [2.75, 3.05) is 0 Å². The highest BCUT2D eigenvalue weighted by Gasteiger charge is 2.04. The molecule has 0 heterocycles. The fraction of sp³-hybridized carbons (Fsp3) is 0.850. The smallest absolute Gasteiger partial charge is 0.0659 e. The molecule has 0 spiro atoms. The Morgan fingerprint density at radius 2 is 1.33 bits per heavy atom. The molecule has 0 aliphatic rings. The number of hydrogen-bond donors (Lipinski definition) is 0. The van der Waals surface area contributed by atoms with Gasteiger partial charge in [0.15, 0.2) is 0 Å². The third-order valence-corrected chi connectivity index (χ3v) is 4.15. The second-order valence-electron chi connectivity index (χ2n) is 6.29. The summed E-state index contributed by atoms with van der Waals surface area (Å²) < 4.78 is 0. The second-order valence-corrected chi connectivity index (χ2v) is 6.29. The number of rotatable bonds is 15. The fourth-order valence-corrected chi connectivity index (χ4v) is 2.65. The van der Waals surface area contributed by atoms with E-state index in [0.29, 0.717) is 0 Å². The molecule has 1 atom stereocenters. The van der Waals surface area contributed by atoms with E-state index in [1.807, 2.05) is 0 Å². The number of unbranched alkanes of at least 4 members (excludes halogenated alkanes) is 10. The third-order valence-electron chi connectivity index (χ3n) is 4.15. The summed E-state index contributed by atoms with van der Waals surface area (Å²) in [6.07, 6.45) is 22.4. The molecule has 0 aliphatic heterocycles. The van der Waals surface area contributed by atoms with E-state index < -0.39 is 0 Å². The molecule has 0 fully saturated rings. The zero-order valence-electron chi connectivity index (χ0n) is 14.6. The minimum absolute atomic E-state index is 0.243. The van der Waals surface area contributed by atoms with Crippen LogP contribution in [0.2, 0.25) is 0 Å². The van der Waals surface area contributed by atoms with Crippen LogP contribution in [0.25, 0.3) is 0 Å². The summed E-state index contributed by atoms with van der Waals surface area (Å²) in [5, 5.41) is 9.18. The van der Waals surface area contributed by atoms with Crippen LogP contribution in [-0.4, -0.2) is 0 Å². The van der Waals surface area contributed by atoms with Gasteiger partial charge in [0.05, 0.1) is 6.07 Å². The molecule has 0 rings (SSSR count). The lowest BCUT2D eigenvalue weighted by Gasteiger charge is -2.06. The normalized spacial score (nSPS) is 12.6. The Balaban J connectivity index is 3.43. The van der Waals surface area contributed by atoms with Crippen molar-refractivity contribution in [1.82, 2.24) is 0 Å². The molecular formula is C20H37N. The van der Waals surface area contributed by atoms with Gasteiger partial charge in [0, 0.05) is 5.92 Å². The van der Waals surface area contributed by atoms with Gasteiger partial charge in [-0.05, 0) is 25.7 Å². The number of nitrogens with zero attached hydrogens (tertiary/aromatic N) is 1. The lowest BCUT2D eigenvalue weighted by atomic mass is 9.98. The largest absolute Gasteiger partial charge is 0.198 e. The molecule has 0 aromatic rings. The van der Waals surface area contributed by atoms with Crippen molar-refractivity contribution in [3.63, 3.8) is 0 Å². The summed E-state index contributed by atoms with van der Waals surface area (Å²) in [5.74, 6) is 0.243. The summed E-state index contributed by atoms with van der Waals surface area (Å²) >= 11 is 0. The Kier molecular flexibility index (Phi) is 16.6. The van der Waals surface area contributed by atoms with E-state index in [4.69, 9.17) is 0 Å². The Hall–Kier alpha value is -0.770. The Morgan fingerprint density at radius 1 is 0.762 bits per heavy atom.